The Morgan fingerprint density at radius 3 is 2.69 bits per heavy atom. The van der Waals surface area contributed by atoms with Gasteiger partial charge in [0, 0.05) is 30.7 Å². The first-order valence-corrected chi connectivity index (χ1v) is 6.00. The highest BCUT2D eigenvalue weighted by atomic mass is 79.9. The van der Waals surface area contributed by atoms with Crippen molar-refractivity contribution in [1.29, 1.82) is 0 Å². The number of nitrogens with zero attached hydrogens (tertiary/aromatic N) is 3. The molecule has 1 unspecified atom stereocenters. The molecule has 1 aromatic rings. The van der Waals surface area contributed by atoms with Crippen LogP contribution in [0.4, 0.5) is 5.95 Å². The van der Waals surface area contributed by atoms with E-state index in [2.05, 4.69) is 25.9 Å². The van der Waals surface area contributed by atoms with Gasteiger partial charge in [0.15, 0.2) is 6.29 Å². The Morgan fingerprint density at radius 1 is 1.50 bits per heavy atom. The van der Waals surface area contributed by atoms with E-state index in [1.54, 1.807) is 4.90 Å². The van der Waals surface area contributed by atoms with Crippen molar-refractivity contribution in [3.63, 3.8) is 0 Å². The Kier molecular flexibility index (Phi) is 3.28. The fraction of sp³-hybridized carbons (Fsp3) is 0.400. The van der Waals surface area contributed by atoms with E-state index >= 15 is 0 Å². The number of hydrogen-bond donors (Lipinski definition) is 0. The highest BCUT2D eigenvalue weighted by Gasteiger charge is 2.31. The van der Waals surface area contributed by atoms with Gasteiger partial charge in [0.05, 0.1) is 5.56 Å². The first-order chi connectivity index (χ1) is 7.74. The molecule has 0 saturated carbocycles. The highest BCUT2D eigenvalue weighted by molar-refractivity contribution is 9.09. The number of amides is 1. The van der Waals surface area contributed by atoms with Crippen molar-refractivity contribution in [3.05, 3.63) is 18.0 Å². The first kappa shape index (κ1) is 11.2. The summed E-state index contributed by atoms with van der Waals surface area (Å²) in [6.07, 6.45) is 4.04. The van der Waals surface area contributed by atoms with E-state index < -0.39 is 0 Å². The van der Waals surface area contributed by atoms with Gasteiger partial charge >= 0.3 is 0 Å². The van der Waals surface area contributed by atoms with Crippen LogP contribution in [0.2, 0.25) is 0 Å². The van der Waals surface area contributed by atoms with Crippen LogP contribution in [-0.2, 0) is 4.79 Å². The molecule has 1 fully saturated rings. The molecule has 6 heteroatoms. The molecule has 1 aliphatic rings. The molecular weight excluding hydrogens is 274 g/mol. The number of anilines is 1. The molecule has 0 spiro atoms. The van der Waals surface area contributed by atoms with Crippen LogP contribution >= 0.6 is 15.9 Å². The van der Waals surface area contributed by atoms with Crippen molar-refractivity contribution in [1.82, 2.24) is 9.97 Å². The van der Waals surface area contributed by atoms with Crippen LogP contribution in [0.25, 0.3) is 0 Å². The largest absolute Gasteiger partial charge is 0.298 e. The van der Waals surface area contributed by atoms with E-state index in [0.29, 0.717) is 36.7 Å². The normalized spacial score (nSPS) is 20.2. The van der Waals surface area contributed by atoms with Crippen LogP contribution in [0.15, 0.2) is 12.4 Å². The Labute approximate surface area is 101 Å². The van der Waals surface area contributed by atoms with E-state index in [4.69, 9.17) is 0 Å². The number of aromatic nitrogens is 2. The molecule has 0 aliphatic carbocycles. The van der Waals surface area contributed by atoms with E-state index in [0.717, 1.165) is 5.33 Å². The van der Waals surface area contributed by atoms with Gasteiger partial charge in [-0.05, 0) is 5.92 Å². The van der Waals surface area contributed by atoms with Crippen LogP contribution in [0, 0.1) is 5.92 Å². The van der Waals surface area contributed by atoms with Gasteiger partial charge in [0.25, 0.3) is 0 Å². The molecule has 0 bridgehead atoms. The summed E-state index contributed by atoms with van der Waals surface area (Å²) in [4.78, 5) is 31.6. The molecule has 0 N–H and O–H groups in total. The van der Waals surface area contributed by atoms with E-state index in [1.807, 2.05) is 0 Å². The summed E-state index contributed by atoms with van der Waals surface area (Å²) < 4.78 is 0. The fourth-order valence-electron chi connectivity index (χ4n) is 1.61. The Morgan fingerprint density at radius 2 is 2.19 bits per heavy atom. The first-order valence-electron chi connectivity index (χ1n) is 4.88. The van der Waals surface area contributed by atoms with Gasteiger partial charge < -0.3 is 0 Å². The van der Waals surface area contributed by atoms with E-state index in [1.165, 1.54) is 12.4 Å². The predicted octanol–water partition coefficient (Wildman–Crippen LogP) is 1.04. The van der Waals surface area contributed by atoms with Crippen molar-refractivity contribution < 1.29 is 9.59 Å². The molecule has 1 saturated heterocycles. The lowest BCUT2D eigenvalue weighted by Gasteiger charge is -2.13. The summed E-state index contributed by atoms with van der Waals surface area (Å²) >= 11 is 3.36. The van der Waals surface area contributed by atoms with Gasteiger partial charge in [-0.15, -0.1) is 0 Å². The van der Waals surface area contributed by atoms with Crippen LogP contribution in [0.3, 0.4) is 0 Å². The predicted molar refractivity (Wildman–Crippen MR) is 61.7 cm³/mol. The van der Waals surface area contributed by atoms with Gasteiger partial charge in [0.1, 0.15) is 0 Å². The molecular formula is C10H10BrN3O2. The zero-order chi connectivity index (χ0) is 11.5. The molecule has 16 heavy (non-hydrogen) atoms. The van der Waals surface area contributed by atoms with Crippen LogP contribution < -0.4 is 4.90 Å². The maximum Gasteiger partial charge on any atom is 0.232 e. The Bertz CT molecular complexity index is 407. The van der Waals surface area contributed by atoms with E-state index in [9.17, 15) is 9.59 Å². The summed E-state index contributed by atoms with van der Waals surface area (Å²) in [7, 11) is 0. The molecule has 5 nitrogen and oxygen atoms in total. The molecule has 84 valence electrons. The fourth-order valence-corrected chi connectivity index (χ4v) is 2.04. The monoisotopic (exact) mass is 283 g/mol. The molecule has 1 aromatic heterocycles. The lowest BCUT2D eigenvalue weighted by Crippen LogP contribution is -2.26. The van der Waals surface area contributed by atoms with Gasteiger partial charge in [-0.3, -0.25) is 14.5 Å². The smallest absolute Gasteiger partial charge is 0.232 e. The maximum atomic E-state index is 11.7. The summed E-state index contributed by atoms with van der Waals surface area (Å²) in [5.41, 5.74) is 0.410. The topological polar surface area (TPSA) is 63.2 Å². The van der Waals surface area contributed by atoms with Gasteiger partial charge in [0.2, 0.25) is 11.9 Å². The van der Waals surface area contributed by atoms with Crippen LogP contribution in [-0.4, -0.2) is 34.0 Å². The van der Waals surface area contributed by atoms with Crippen molar-refractivity contribution >= 4 is 34.1 Å². The van der Waals surface area contributed by atoms with Crippen molar-refractivity contribution in [3.8, 4) is 0 Å². The minimum atomic E-state index is 0.0308. The molecule has 0 radical (unpaired) electrons. The Balaban J connectivity index is 2.18. The molecule has 2 rings (SSSR count). The van der Waals surface area contributed by atoms with Crippen LogP contribution in [0.1, 0.15) is 16.8 Å². The number of carbonyl (C=O) groups is 2. The average Bonchev–Trinajstić information content (AvgIpc) is 2.71. The third kappa shape index (κ3) is 2.11. The Hall–Kier alpha value is -1.30. The average molecular weight is 284 g/mol. The quantitative estimate of drug-likeness (QED) is 0.614. The van der Waals surface area contributed by atoms with Crippen molar-refractivity contribution in [2.24, 2.45) is 5.92 Å². The minimum Gasteiger partial charge on any atom is -0.298 e. The lowest BCUT2D eigenvalue weighted by atomic mass is 10.2. The lowest BCUT2D eigenvalue weighted by molar-refractivity contribution is -0.117. The number of halogens is 1. The summed E-state index contributed by atoms with van der Waals surface area (Å²) in [5, 5.41) is 0.793. The molecule has 0 aromatic carbocycles. The number of aldehydes is 1. The van der Waals surface area contributed by atoms with Gasteiger partial charge in [-0.2, -0.15) is 0 Å². The third-order valence-corrected chi connectivity index (χ3v) is 3.37. The molecule has 1 amide bonds. The number of carbonyl (C=O) groups excluding carboxylic acids is 2. The third-order valence-electron chi connectivity index (χ3n) is 2.46. The second-order valence-corrected chi connectivity index (χ2v) is 4.31. The second-order valence-electron chi connectivity index (χ2n) is 3.66. The number of rotatable bonds is 3. The number of alkyl halides is 1. The van der Waals surface area contributed by atoms with Crippen LogP contribution in [0.5, 0.6) is 0 Å². The second kappa shape index (κ2) is 4.69. The van der Waals surface area contributed by atoms with Gasteiger partial charge in [-0.25, -0.2) is 9.97 Å². The van der Waals surface area contributed by atoms with E-state index in [-0.39, 0.29) is 5.91 Å². The zero-order valence-corrected chi connectivity index (χ0v) is 10.1. The standard InChI is InChI=1S/C10H10BrN3O2/c11-2-7-1-9(16)14(5-7)10-12-3-8(6-15)4-13-10/h3-4,6-7H,1-2,5H2. The highest BCUT2D eigenvalue weighted by Crippen LogP contribution is 2.22. The van der Waals surface area contributed by atoms with Gasteiger partial charge in [-0.1, -0.05) is 15.9 Å². The maximum absolute atomic E-state index is 11.7. The SMILES string of the molecule is O=Cc1cnc(N2CC(CBr)CC2=O)nc1. The summed E-state index contributed by atoms with van der Waals surface area (Å²) in [6, 6.07) is 0. The number of hydrogen-bond acceptors (Lipinski definition) is 4. The zero-order valence-electron chi connectivity index (χ0n) is 8.47. The summed E-state index contributed by atoms with van der Waals surface area (Å²) in [6.45, 7) is 0.629. The molecule has 2 heterocycles. The van der Waals surface area contributed by atoms with Crippen molar-refractivity contribution in [2.75, 3.05) is 16.8 Å². The molecule has 1 atom stereocenters. The summed E-state index contributed by atoms with van der Waals surface area (Å²) in [5.74, 6) is 0.712. The minimum absolute atomic E-state index is 0.0308. The molecule has 1 aliphatic heterocycles. The van der Waals surface area contributed by atoms with Crippen molar-refractivity contribution in [2.45, 2.75) is 6.42 Å².